The van der Waals surface area contributed by atoms with Gasteiger partial charge in [0, 0.05) is 47.5 Å². The third kappa shape index (κ3) is 8.70. The molecule has 2 N–H and O–H groups in total. The normalized spacial score (nSPS) is 16.1. The number of aromatic hydroxyl groups is 1. The highest BCUT2D eigenvalue weighted by molar-refractivity contribution is 9.10. The summed E-state index contributed by atoms with van der Waals surface area (Å²) in [6.45, 7) is 3.62. The second kappa shape index (κ2) is 16.0. The van der Waals surface area contributed by atoms with Crippen LogP contribution >= 0.6 is 15.9 Å². The highest BCUT2D eigenvalue weighted by Crippen LogP contribution is 2.46. The molecule has 14 heteroatoms. The number of alkyl halides is 4. The standard InChI is InChI=1S/C40H39BrF5N3O5/c1-3-54-35(52)18-32(30-16-26(15-29(37(30)43)23-10-11-23)36-22(2)6-4-9-33(36)50)47-39(53)38(24-7-5-8-27(41)14-24)49-19-25(12-13-48-20-28(42)21-48)31(17-34(49)51)40(44,45)46/h4-9,14-17,19,23,28,32,38,50H,3,10-13,18,20-21H2,1-2H3,(H,47,53)/t32-,38?/m0/s1. The number of hydrogen-bond donors (Lipinski definition) is 2. The van der Waals surface area contributed by atoms with Gasteiger partial charge in [-0.05, 0) is 97.2 Å². The molecule has 3 aromatic carbocycles. The number of pyridine rings is 1. The van der Waals surface area contributed by atoms with E-state index in [-0.39, 0.29) is 61.0 Å². The summed E-state index contributed by atoms with van der Waals surface area (Å²) < 4.78 is 79.5. The predicted octanol–water partition coefficient (Wildman–Crippen LogP) is 7.92. The second-order valence-electron chi connectivity index (χ2n) is 13.8. The van der Waals surface area contributed by atoms with Gasteiger partial charge < -0.3 is 15.2 Å². The first-order chi connectivity index (χ1) is 25.6. The first kappa shape index (κ1) is 39.1. The molecule has 0 radical (unpaired) electrons. The monoisotopic (exact) mass is 815 g/mol. The lowest BCUT2D eigenvalue weighted by atomic mass is 9.90. The first-order valence-corrected chi connectivity index (χ1v) is 18.5. The van der Waals surface area contributed by atoms with Crippen molar-refractivity contribution in [1.29, 1.82) is 0 Å². The number of carbonyl (C=O) groups is 2. The quantitative estimate of drug-likeness (QED) is 0.105. The van der Waals surface area contributed by atoms with Crippen LogP contribution in [0, 0.1) is 12.7 Å². The maximum Gasteiger partial charge on any atom is 0.416 e. The second-order valence-corrected chi connectivity index (χ2v) is 14.7. The van der Waals surface area contributed by atoms with Crippen molar-refractivity contribution in [2.24, 2.45) is 0 Å². The Kier molecular flexibility index (Phi) is 11.6. The Balaban J connectivity index is 1.47. The zero-order valence-corrected chi connectivity index (χ0v) is 31.1. The van der Waals surface area contributed by atoms with Crippen molar-refractivity contribution >= 4 is 27.8 Å². The van der Waals surface area contributed by atoms with E-state index in [0.29, 0.717) is 45.6 Å². The van der Waals surface area contributed by atoms with Crippen molar-refractivity contribution in [3.05, 3.63) is 121 Å². The third-order valence-corrected chi connectivity index (χ3v) is 10.3. The van der Waals surface area contributed by atoms with Gasteiger partial charge in [0.15, 0.2) is 0 Å². The van der Waals surface area contributed by atoms with E-state index in [4.69, 9.17) is 4.74 Å². The molecule has 1 aliphatic heterocycles. The molecule has 1 aromatic heterocycles. The number of phenolic OH excluding ortho intramolecular Hbond substituents is 1. The minimum Gasteiger partial charge on any atom is -0.507 e. The van der Waals surface area contributed by atoms with Gasteiger partial charge >= 0.3 is 12.1 Å². The van der Waals surface area contributed by atoms with Crippen LogP contribution in [0.15, 0.2) is 76.1 Å². The van der Waals surface area contributed by atoms with Crippen LogP contribution in [0.5, 0.6) is 5.75 Å². The molecule has 2 heterocycles. The number of carbonyl (C=O) groups excluding carboxylic acids is 2. The fourth-order valence-electron chi connectivity index (χ4n) is 7.00. The van der Waals surface area contributed by atoms with E-state index in [0.717, 1.165) is 10.8 Å². The van der Waals surface area contributed by atoms with Crippen LogP contribution in [0.4, 0.5) is 22.0 Å². The lowest BCUT2D eigenvalue weighted by Crippen LogP contribution is -2.49. The Morgan fingerprint density at radius 1 is 1.07 bits per heavy atom. The fraction of sp³-hybridized carbons (Fsp3) is 0.375. The highest BCUT2D eigenvalue weighted by Gasteiger charge is 2.38. The Morgan fingerprint density at radius 3 is 2.43 bits per heavy atom. The van der Waals surface area contributed by atoms with Gasteiger partial charge in [-0.1, -0.05) is 40.2 Å². The van der Waals surface area contributed by atoms with Crippen LogP contribution < -0.4 is 10.9 Å². The van der Waals surface area contributed by atoms with E-state index in [1.54, 1.807) is 49.1 Å². The third-order valence-electron chi connectivity index (χ3n) is 9.82. The zero-order valence-electron chi connectivity index (χ0n) is 29.6. The molecule has 2 aliphatic rings. The number of phenols is 1. The van der Waals surface area contributed by atoms with Crippen LogP contribution in [-0.2, 0) is 26.9 Å². The zero-order chi connectivity index (χ0) is 38.9. The molecule has 1 amide bonds. The molecule has 1 saturated heterocycles. The van der Waals surface area contributed by atoms with Crippen molar-refractivity contribution in [3.63, 3.8) is 0 Å². The maximum atomic E-state index is 16.6. The number of halogens is 6. The summed E-state index contributed by atoms with van der Waals surface area (Å²) in [4.78, 5) is 42.9. The van der Waals surface area contributed by atoms with Crippen molar-refractivity contribution in [2.75, 3.05) is 26.2 Å². The van der Waals surface area contributed by atoms with Crippen molar-refractivity contribution in [2.45, 2.75) is 69.9 Å². The van der Waals surface area contributed by atoms with E-state index >= 15 is 4.39 Å². The van der Waals surface area contributed by atoms with E-state index in [1.807, 2.05) is 0 Å². The first-order valence-electron chi connectivity index (χ1n) is 17.7. The number of benzene rings is 3. The van der Waals surface area contributed by atoms with Gasteiger partial charge in [0.2, 0.25) is 5.91 Å². The molecule has 2 fully saturated rings. The number of rotatable bonds is 13. The molecule has 0 spiro atoms. The average Bonchev–Trinajstić information content (AvgIpc) is 3.93. The molecule has 2 atom stereocenters. The number of nitrogens with one attached hydrogen (secondary N) is 1. The summed E-state index contributed by atoms with van der Waals surface area (Å²) in [5.41, 5.74) is -0.462. The number of hydrogen-bond acceptors (Lipinski definition) is 6. The molecular weight excluding hydrogens is 777 g/mol. The van der Waals surface area contributed by atoms with Crippen molar-refractivity contribution in [3.8, 4) is 16.9 Å². The number of aryl methyl sites for hydroxylation is 1. The summed E-state index contributed by atoms with van der Waals surface area (Å²) in [6, 6.07) is 11.9. The largest absolute Gasteiger partial charge is 0.507 e. The Labute approximate surface area is 317 Å². The van der Waals surface area contributed by atoms with Gasteiger partial charge in [0.25, 0.3) is 5.56 Å². The molecule has 1 unspecified atom stereocenters. The van der Waals surface area contributed by atoms with E-state index in [1.165, 1.54) is 24.3 Å². The van der Waals surface area contributed by atoms with Crippen LogP contribution in [-0.4, -0.2) is 58.9 Å². The van der Waals surface area contributed by atoms with E-state index in [2.05, 4.69) is 21.2 Å². The molecule has 1 aliphatic carbocycles. The van der Waals surface area contributed by atoms with Gasteiger partial charge in [0.1, 0.15) is 23.8 Å². The number of esters is 1. The summed E-state index contributed by atoms with van der Waals surface area (Å²) in [5.74, 6) is -2.49. The van der Waals surface area contributed by atoms with Gasteiger partial charge in [-0.25, -0.2) is 8.78 Å². The Hall–Kier alpha value is -4.56. The summed E-state index contributed by atoms with van der Waals surface area (Å²) in [6.07, 6.45) is -4.24. The fourth-order valence-corrected chi connectivity index (χ4v) is 7.42. The summed E-state index contributed by atoms with van der Waals surface area (Å²) >= 11 is 3.36. The Morgan fingerprint density at radius 2 is 1.80 bits per heavy atom. The van der Waals surface area contributed by atoms with Crippen LogP contribution in [0.3, 0.4) is 0 Å². The summed E-state index contributed by atoms with van der Waals surface area (Å²) in [5, 5.41) is 13.6. The Bertz CT molecular complexity index is 2090. The number of aromatic nitrogens is 1. The minimum absolute atomic E-state index is 0.000232. The number of ether oxygens (including phenoxy) is 1. The SMILES string of the molecule is CCOC(=O)C[C@H](NC(=O)C(c1cccc(Br)c1)n1cc(CCN2CC(F)C2)c(C(F)(F)F)cc1=O)c1cc(-c2c(C)cccc2O)cc(C2CC2)c1F. The number of likely N-dealkylation sites (tertiary alicyclic amines) is 1. The smallest absolute Gasteiger partial charge is 0.416 e. The van der Waals surface area contributed by atoms with Gasteiger partial charge in [-0.2, -0.15) is 13.2 Å². The lowest BCUT2D eigenvalue weighted by molar-refractivity contribution is -0.144. The molecule has 1 saturated carbocycles. The number of nitrogens with zero attached hydrogens (tertiary/aromatic N) is 2. The highest BCUT2D eigenvalue weighted by atomic mass is 79.9. The van der Waals surface area contributed by atoms with Gasteiger partial charge in [0.05, 0.1) is 24.6 Å². The van der Waals surface area contributed by atoms with Crippen LogP contribution in [0.1, 0.15) is 77.6 Å². The van der Waals surface area contributed by atoms with Crippen LogP contribution in [0.2, 0.25) is 0 Å². The van der Waals surface area contributed by atoms with E-state index in [9.17, 15) is 37.1 Å². The van der Waals surface area contributed by atoms with Gasteiger partial charge in [-0.15, -0.1) is 0 Å². The molecule has 0 bridgehead atoms. The number of amides is 1. The predicted molar refractivity (Wildman–Crippen MR) is 195 cm³/mol. The summed E-state index contributed by atoms with van der Waals surface area (Å²) in [7, 11) is 0. The maximum absolute atomic E-state index is 16.6. The topological polar surface area (TPSA) is 101 Å². The van der Waals surface area contributed by atoms with Crippen LogP contribution in [0.25, 0.3) is 11.1 Å². The van der Waals surface area contributed by atoms with Crippen molar-refractivity contribution in [1.82, 2.24) is 14.8 Å². The molecule has 8 nitrogen and oxygen atoms in total. The molecule has 54 heavy (non-hydrogen) atoms. The van der Waals surface area contributed by atoms with E-state index < -0.39 is 59.7 Å². The van der Waals surface area contributed by atoms with Crippen molar-refractivity contribution < 1.29 is 41.4 Å². The lowest BCUT2D eigenvalue weighted by Gasteiger charge is -2.34. The average molecular weight is 817 g/mol. The molecule has 4 aromatic rings. The minimum atomic E-state index is -4.89. The molecular formula is C40H39BrF5N3O5. The molecule has 286 valence electrons. The van der Waals surface area contributed by atoms with Gasteiger partial charge in [-0.3, -0.25) is 23.9 Å². The molecule has 6 rings (SSSR count).